The summed E-state index contributed by atoms with van der Waals surface area (Å²) in [6, 6.07) is 0.323. The Morgan fingerprint density at radius 2 is 2.00 bits per heavy atom. The van der Waals surface area contributed by atoms with Gasteiger partial charge < -0.3 is 5.11 Å². The number of fused-ring (bicyclic) bond motifs is 2. The molecule has 4 rings (SSSR count). The van der Waals surface area contributed by atoms with Crippen LogP contribution in [0.5, 0.6) is 0 Å². The van der Waals surface area contributed by atoms with E-state index in [-0.39, 0.29) is 17.9 Å². The third kappa shape index (κ3) is 2.18. The van der Waals surface area contributed by atoms with Crippen LogP contribution in [0.3, 0.4) is 0 Å². The molecule has 0 radical (unpaired) electrons. The standard InChI is InChI=1S/C17H27N3O3/c1-2-3-7-19-15(22)14-8-13(21)9-20(14)17(16(19)23)10-18(11-17)12-5-4-6-12/h12-14,21H,2-11H2,1H3/t13-,14+/m1/s1. The number of carbonyl (C=O) groups is 2. The lowest BCUT2D eigenvalue weighted by Gasteiger charge is -2.61. The molecule has 2 amide bonds. The van der Waals surface area contributed by atoms with Crippen LogP contribution in [0.25, 0.3) is 0 Å². The van der Waals surface area contributed by atoms with Crippen molar-refractivity contribution < 1.29 is 14.7 Å². The Bertz CT molecular complexity index is 513. The molecule has 3 aliphatic heterocycles. The van der Waals surface area contributed by atoms with Crippen LogP contribution in [0, 0.1) is 0 Å². The Labute approximate surface area is 137 Å². The fourth-order valence-electron chi connectivity index (χ4n) is 4.66. The number of imide groups is 1. The summed E-state index contributed by atoms with van der Waals surface area (Å²) in [5.41, 5.74) is -0.556. The largest absolute Gasteiger partial charge is 0.392 e. The van der Waals surface area contributed by atoms with Crippen LogP contribution in [0.15, 0.2) is 0 Å². The van der Waals surface area contributed by atoms with E-state index in [4.69, 9.17) is 0 Å². The third-order valence-corrected chi connectivity index (χ3v) is 6.28. The van der Waals surface area contributed by atoms with Crippen molar-refractivity contribution in [3.63, 3.8) is 0 Å². The van der Waals surface area contributed by atoms with Crippen LogP contribution in [0.4, 0.5) is 0 Å². The number of likely N-dealkylation sites (tertiary alicyclic amines) is 1. The van der Waals surface area contributed by atoms with Crippen molar-refractivity contribution >= 4 is 11.8 Å². The van der Waals surface area contributed by atoms with Gasteiger partial charge in [0.15, 0.2) is 0 Å². The molecule has 1 saturated carbocycles. The highest BCUT2D eigenvalue weighted by Gasteiger charge is 2.64. The fraction of sp³-hybridized carbons (Fsp3) is 0.882. The first kappa shape index (κ1) is 15.5. The summed E-state index contributed by atoms with van der Waals surface area (Å²) in [6.45, 7) is 4.52. The first-order valence-electron chi connectivity index (χ1n) is 9.11. The van der Waals surface area contributed by atoms with Gasteiger partial charge in [-0.25, -0.2) is 0 Å². The van der Waals surface area contributed by atoms with Gasteiger partial charge in [0.2, 0.25) is 5.91 Å². The Morgan fingerprint density at radius 1 is 1.26 bits per heavy atom. The molecule has 0 bridgehead atoms. The number of aliphatic hydroxyl groups is 1. The molecule has 0 unspecified atom stereocenters. The molecule has 0 aromatic heterocycles. The molecule has 0 aromatic carbocycles. The zero-order valence-electron chi connectivity index (χ0n) is 13.9. The highest BCUT2D eigenvalue weighted by molar-refractivity contribution is 6.06. The van der Waals surface area contributed by atoms with Gasteiger partial charge in [-0.15, -0.1) is 0 Å². The Kier molecular flexibility index (Phi) is 3.74. The Hall–Kier alpha value is -0.980. The molecule has 128 valence electrons. The molecular weight excluding hydrogens is 294 g/mol. The molecule has 1 spiro atoms. The summed E-state index contributed by atoms with van der Waals surface area (Å²) in [4.78, 5) is 31.8. The van der Waals surface area contributed by atoms with Crippen LogP contribution in [-0.2, 0) is 9.59 Å². The predicted molar refractivity (Wildman–Crippen MR) is 84.7 cm³/mol. The van der Waals surface area contributed by atoms with Gasteiger partial charge >= 0.3 is 0 Å². The van der Waals surface area contributed by atoms with Gasteiger partial charge in [0.1, 0.15) is 5.54 Å². The van der Waals surface area contributed by atoms with Crippen LogP contribution in [0.1, 0.15) is 45.4 Å². The zero-order chi connectivity index (χ0) is 16.2. The highest BCUT2D eigenvalue weighted by Crippen LogP contribution is 2.43. The predicted octanol–water partition coefficient (Wildman–Crippen LogP) is 0.197. The number of unbranched alkanes of at least 4 members (excludes halogenated alkanes) is 1. The van der Waals surface area contributed by atoms with Gasteiger partial charge in [0, 0.05) is 32.2 Å². The number of aliphatic hydroxyl groups excluding tert-OH is 1. The molecule has 23 heavy (non-hydrogen) atoms. The Balaban J connectivity index is 1.58. The summed E-state index contributed by atoms with van der Waals surface area (Å²) < 4.78 is 0. The van der Waals surface area contributed by atoms with Crippen molar-refractivity contribution in [1.82, 2.24) is 14.7 Å². The lowest BCUT2D eigenvalue weighted by atomic mass is 9.78. The number of amides is 2. The lowest BCUT2D eigenvalue weighted by Crippen LogP contribution is -2.82. The smallest absolute Gasteiger partial charge is 0.252 e. The molecule has 4 aliphatic rings. The van der Waals surface area contributed by atoms with Gasteiger partial charge in [-0.2, -0.15) is 0 Å². The van der Waals surface area contributed by atoms with Crippen LogP contribution in [0.2, 0.25) is 0 Å². The van der Waals surface area contributed by atoms with E-state index in [9.17, 15) is 14.7 Å². The number of piperazine rings is 1. The summed E-state index contributed by atoms with van der Waals surface area (Å²) in [6.07, 6.45) is 5.56. The number of carbonyl (C=O) groups excluding carboxylic acids is 2. The van der Waals surface area contributed by atoms with E-state index < -0.39 is 11.6 Å². The molecule has 6 nitrogen and oxygen atoms in total. The second kappa shape index (κ2) is 5.53. The van der Waals surface area contributed by atoms with Crippen LogP contribution < -0.4 is 0 Å². The molecule has 1 aliphatic carbocycles. The van der Waals surface area contributed by atoms with Gasteiger partial charge in [-0.1, -0.05) is 19.8 Å². The molecule has 3 heterocycles. The monoisotopic (exact) mass is 321 g/mol. The molecular formula is C17H27N3O3. The van der Waals surface area contributed by atoms with E-state index in [1.54, 1.807) is 0 Å². The van der Waals surface area contributed by atoms with Gasteiger partial charge in [0.25, 0.3) is 5.91 Å². The first-order valence-corrected chi connectivity index (χ1v) is 9.11. The van der Waals surface area contributed by atoms with Gasteiger partial charge in [-0.3, -0.25) is 24.3 Å². The van der Waals surface area contributed by atoms with E-state index in [1.165, 1.54) is 24.2 Å². The zero-order valence-corrected chi connectivity index (χ0v) is 13.9. The van der Waals surface area contributed by atoms with Crippen molar-refractivity contribution in [2.45, 2.75) is 69.2 Å². The molecule has 2 atom stereocenters. The Morgan fingerprint density at radius 3 is 2.61 bits per heavy atom. The first-order chi connectivity index (χ1) is 11.1. The van der Waals surface area contributed by atoms with E-state index in [1.807, 2.05) is 4.90 Å². The molecule has 6 heteroatoms. The van der Waals surface area contributed by atoms with Gasteiger partial charge in [0.05, 0.1) is 12.1 Å². The summed E-state index contributed by atoms with van der Waals surface area (Å²) in [5.74, 6) is -0.107. The van der Waals surface area contributed by atoms with Gasteiger partial charge in [-0.05, 0) is 25.7 Å². The van der Waals surface area contributed by atoms with Crippen LogP contribution >= 0.6 is 0 Å². The second-order valence-electron chi connectivity index (χ2n) is 7.73. The third-order valence-electron chi connectivity index (χ3n) is 6.28. The number of nitrogens with zero attached hydrogens (tertiary/aromatic N) is 3. The topological polar surface area (TPSA) is 64.1 Å². The lowest BCUT2D eigenvalue weighted by molar-refractivity contribution is -0.184. The van der Waals surface area contributed by atoms with E-state index in [2.05, 4.69) is 11.8 Å². The average Bonchev–Trinajstić information content (AvgIpc) is 2.81. The average molecular weight is 321 g/mol. The number of hydrogen-bond donors (Lipinski definition) is 1. The normalized spacial score (nSPS) is 34.6. The highest BCUT2D eigenvalue weighted by atomic mass is 16.3. The van der Waals surface area contributed by atoms with Crippen molar-refractivity contribution in [1.29, 1.82) is 0 Å². The number of hydrogen-bond acceptors (Lipinski definition) is 5. The van der Waals surface area contributed by atoms with E-state index in [0.717, 1.165) is 25.9 Å². The maximum atomic E-state index is 13.1. The summed E-state index contributed by atoms with van der Waals surface area (Å²) >= 11 is 0. The molecule has 0 aromatic rings. The van der Waals surface area contributed by atoms with E-state index >= 15 is 0 Å². The minimum absolute atomic E-state index is 0.0168. The quantitative estimate of drug-likeness (QED) is 0.749. The van der Waals surface area contributed by atoms with Crippen molar-refractivity contribution in [3.05, 3.63) is 0 Å². The SMILES string of the molecule is CCCCN1C(=O)[C@@H]2C[C@@H](O)CN2C2(CN(C3CCC3)C2)C1=O. The number of β-amino-alcohol motifs (C(OH)–C–C–N with tert-alkyl or cyclic N) is 1. The van der Waals surface area contributed by atoms with Crippen molar-refractivity contribution in [2.75, 3.05) is 26.2 Å². The van der Waals surface area contributed by atoms with E-state index in [0.29, 0.717) is 25.6 Å². The fourth-order valence-corrected chi connectivity index (χ4v) is 4.66. The minimum Gasteiger partial charge on any atom is -0.392 e. The molecule has 4 fully saturated rings. The maximum absolute atomic E-state index is 13.1. The maximum Gasteiger partial charge on any atom is 0.252 e. The number of rotatable bonds is 4. The molecule has 1 N–H and O–H groups in total. The summed E-state index contributed by atoms with van der Waals surface area (Å²) in [7, 11) is 0. The second-order valence-corrected chi connectivity index (χ2v) is 7.73. The minimum atomic E-state index is -0.556. The van der Waals surface area contributed by atoms with Crippen molar-refractivity contribution in [3.8, 4) is 0 Å². The van der Waals surface area contributed by atoms with Crippen LogP contribution in [-0.4, -0.2) is 81.5 Å². The summed E-state index contributed by atoms with van der Waals surface area (Å²) in [5, 5.41) is 10.1. The van der Waals surface area contributed by atoms with Crippen molar-refractivity contribution in [2.24, 2.45) is 0 Å². The molecule has 3 saturated heterocycles.